The van der Waals surface area contributed by atoms with E-state index in [1.54, 1.807) is 38.1 Å². The van der Waals surface area contributed by atoms with Crippen LogP contribution >= 0.6 is 0 Å². The summed E-state index contributed by atoms with van der Waals surface area (Å²) >= 11 is 0. The summed E-state index contributed by atoms with van der Waals surface area (Å²) in [6, 6.07) is 8.81. The van der Waals surface area contributed by atoms with Crippen LogP contribution in [0.4, 0.5) is 0 Å². The monoisotopic (exact) mass is 238 g/mol. The highest BCUT2D eigenvalue weighted by Crippen LogP contribution is 2.04. The zero-order valence-electron chi connectivity index (χ0n) is 10.1. The molecule has 4 nitrogen and oxygen atoms in total. The minimum Gasteiger partial charge on any atom is -0.457 e. The molecule has 0 aliphatic heterocycles. The summed E-state index contributed by atoms with van der Waals surface area (Å²) in [6.07, 6.45) is -0.579. The van der Waals surface area contributed by atoms with Crippen LogP contribution in [-0.4, -0.2) is 36.5 Å². The van der Waals surface area contributed by atoms with E-state index in [0.29, 0.717) is 5.56 Å². The lowest BCUT2D eigenvalue weighted by atomic mass is 10.2. The molecule has 2 unspecified atom stereocenters. The molecule has 0 saturated heterocycles. The van der Waals surface area contributed by atoms with Crippen molar-refractivity contribution in [2.45, 2.75) is 26.1 Å². The highest BCUT2D eigenvalue weighted by Gasteiger charge is 2.12. The van der Waals surface area contributed by atoms with Crippen molar-refractivity contribution in [2.24, 2.45) is 0 Å². The van der Waals surface area contributed by atoms with E-state index in [0.717, 1.165) is 0 Å². The van der Waals surface area contributed by atoms with Crippen molar-refractivity contribution in [1.29, 1.82) is 0 Å². The molecule has 1 aromatic carbocycles. The van der Waals surface area contributed by atoms with Gasteiger partial charge in [0.2, 0.25) is 0 Å². The lowest BCUT2D eigenvalue weighted by molar-refractivity contribution is -0.0320. The van der Waals surface area contributed by atoms with Gasteiger partial charge in [-0.3, -0.25) is 0 Å². The number of hydrogen-bond donors (Lipinski definition) is 1. The summed E-state index contributed by atoms with van der Waals surface area (Å²) in [5, 5.41) is 8.77. The molecule has 0 heterocycles. The van der Waals surface area contributed by atoms with Crippen molar-refractivity contribution in [3.63, 3.8) is 0 Å². The maximum atomic E-state index is 11.6. The summed E-state index contributed by atoms with van der Waals surface area (Å²) in [7, 11) is 0. The van der Waals surface area contributed by atoms with E-state index >= 15 is 0 Å². The minimum atomic E-state index is -0.363. The minimum absolute atomic E-state index is 0.0423. The Hall–Kier alpha value is -1.39. The normalized spacial score (nSPS) is 14.1. The third kappa shape index (κ3) is 4.97. The summed E-state index contributed by atoms with van der Waals surface area (Å²) in [5.74, 6) is -0.363. The van der Waals surface area contributed by atoms with Gasteiger partial charge in [-0.05, 0) is 26.0 Å². The molecule has 0 spiro atoms. The van der Waals surface area contributed by atoms with Crippen molar-refractivity contribution >= 4 is 5.97 Å². The number of rotatable bonds is 6. The average Bonchev–Trinajstić information content (AvgIpc) is 2.36. The van der Waals surface area contributed by atoms with E-state index in [2.05, 4.69) is 0 Å². The molecule has 0 aliphatic rings. The summed E-state index contributed by atoms with van der Waals surface area (Å²) in [5.41, 5.74) is 0.523. The second kappa shape index (κ2) is 7.04. The fourth-order valence-corrected chi connectivity index (χ4v) is 1.21. The number of benzene rings is 1. The van der Waals surface area contributed by atoms with Crippen molar-refractivity contribution < 1.29 is 19.4 Å². The van der Waals surface area contributed by atoms with Gasteiger partial charge in [-0.1, -0.05) is 18.2 Å². The molecule has 1 N–H and O–H groups in total. The van der Waals surface area contributed by atoms with E-state index in [9.17, 15) is 4.79 Å². The van der Waals surface area contributed by atoms with E-state index < -0.39 is 0 Å². The number of carbonyl (C=O) groups is 1. The van der Waals surface area contributed by atoms with Crippen LogP contribution in [-0.2, 0) is 9.47 Å². The Bertz CT molecular complexity index is 337. The molecule has 17 heavy (non-hydrogen) atoms. The van der Waals surface area contributed by atoms with Crippen LogP contribution in [0.3, 0.4) is 0 Å². The van der Waals surface area contributed by atoms with Gasteiger partial charge in [0, 0.05) is 0 Å². The van der Waals surface area contributed by atoms with Crippen molar-refractivity contribution in [3.8, 4) is 0 Å². The van der Waals surface area contributed by atoms with E-state index in [4.69, 9.17) is 14.6 Å². The third-order valence-electron chi connectivity index (χ3n) is 2.19. The van der Waals surface area contributed by atoms with Crippen molar-refractivity contribution in [1.82, 2.24) is 0 Å². The van der Waals surface area contributed by atoms with Gasteiger partial charge >= 0.3 is 5.97 Å². The quantitative estimate of drug-likeness (QED) is 0.765. The van der Waals surface area contributed by atoms with Gasteiger partial charge in [-0.2, -0.15) is 0 Å². The van der Waals surface area contributed by atoms with Crippen LogP contribution in [0.25, 0.3) is 0 Å². The van der Waals surface area contributed by atoms with Crippen LogP contribution in [0.5, 0.6) is 0 Å². The molecule has 0 saturated carbocycles. The molecule has 0 aromatic heterocycles. The highest BCUT2D eigenvalue weighted by molar-refractivity contribution is 5.89. The largest absolute Gasteiger partial charge is 0.457 e. The average molecular weight is 238 g/mol. The topological polar surface area (TPSA) is 55.8 Å². The summed E-state index contributed by atoms with van der Waals surface area (Å²) in [6.45, 7) is 3.75. The Morgan fingerprint density at radius 1 is 1.24 bits per heavy atom. The summed E-state index contributed by atoms with van der Waals surface area (Å²) < 4.78 is 10.4. The Labute approximate surface area is 101 Å². The van der Waals surface area contributed by atoms with Crippen LogP contribution < -0.4 is 0 Å². The number of ether oxygens (including phenoxy) is 2. The van der Waals surface area contributed by atoms with Crippen LogP contribution in [0.2, 0.25) is 0 Å². The maximum absolute atomic E-state index is 11.6. The second-order valence-electron chi connectivity index (χ2n) is 3.91. The Kier molecular flexibility index (Phi) is 5.66. The SMILES string of the molecule is CC(CO)OCC(C)OC(=O)c1ccccc1. The first-order valence-electron chi connectivity index (χ1n) is 5.62. The third-order valence-corrected chi connectivity index (χ3v) is 2.19. The predicted molar refractivity (Wildman–Crippen MR) is 63.8 cm³/mol. The Morgan fingerprint density at radius 3 is 2.47 bits per heavy atom. The Balaban J connectivity index is 2.36. The molecule has 4 heteroatoms. The number of carbonyl (C=O) groups excluding carboxylic acids is 1. The first kappa shape index (κ1) is 13.7. The fourth-order valence-electron chi connectivity index (χ4n) is 1.21. The smallest absolute Gasteiger partial charge is 0.338 e. The molecule has 0 bridgehead atoms. The zero-order chi connectivity index (χ0) is 12.7. The number of hydrogen-bond acceptors (Lipinski definition) is 4. The molecule has 0 aliphatic carbocycles. The van der Waals surface area contributed by atoms with Crippen LogP contribution in [0, 0.1) is 0 Å². The van der Waals surface area contributed by atoms with Crippen molar-refractivity contribution in [3.05, 3.63) is 35.9 Å². The molecular weight excluding hydrogens is 220 g/mol. The van der Waals surface area contributed by atoms with E-state index in [1.165, 1.54) is 0 Å². The van der Waals surface area contributed by atoms with Gasteiger partial charge in [-0.25, -0.2) is 4.79 Å². The van der Waals surface area contributed by atoms with Gasteiger partial charge in [0.15, 0.2) is 0 Å². The standard InChI is InChI=1S/C13H18O4/c1-10(8-14)16-9-11(2)17-13(15)12-6-4-3-5-7-12/h3-7,10-11,14H,8-9H2,1-2H3. The molecule has 0 radical (unpaired) electrons. The van der Waals surface area contributed by atoms with Gasteiger partial charge < -0.3 is 14.6 Å². The molecule has 1 rings (SSSR count). The zero-order valence-corrected chi connectivity index (χ0v) is 10.1. The lowest BCUT2D eigenvalue weighted by Gasteiger charge is -2.16. The molecule has 0 amide bonds. The number of esters is 1. The molecular formula is C13H18O4. The van der Waals surface area contributed by atoms with Gasteiger partial charge in [0.05, 0.1) is 24.9 Å². The van der Waals surface area contributed by atoms with Gasteiger partial charge in [-0.15, -0.1) is 0 Å². The predicted octanol–water partition coefficient (Wildman–Crippen LogP) is 1.63. The number of aliphatic hydroxyl groups is 1. The van der Waals surface area contributed by atoms with E-state index in [1.807, 2.05) is 6.07 Å². The van der Waals surface area contributed by atoms with E-state index in [-0.39, 0.29) is 31.4 Å². The summed E-state index contributed by atoms with van der Waals surface area (Å²) in [4.78, 5) is 11.6. The Morgan fingerprint density at radius 2 is 1.88 bits per heavy atom. The maximum Gasteiger partial charge on any atom is 0.338 e. The molecule has 2 atom stereocenters. The first-order chi connectivity index (χ1) is 8.13. The first-order valence-corrected chi connectivity index (χ1v) is 5.62. The molecule has 0 fully saturated rings. The fraction of sp³-hybridized carbons (Fsp3) is 0.462. The van der Waals surface area contributed by atoms with Crippen LogP contribution in [0.15, 0.2) is 30.3 Å². The molecule has 94 valence electrons. The highest BCUT2D eigenvalue weighted by atomic mass is 16.6. The second-order valence-corrected chi connectivity index (χ2v) is 3.91. The van der Waals surface area contributed by atoms with Gasteiger partial charge in [0.25, 0.3) is 0 Å². The molecule has 1 aromatic rings. The number of aliphatic hydroxyl groups excluding tert-OH is 1. The van der Waals surface area contributed by atoms with Crippen LogP contribution in [0.1, 0.15) is 24.2 Å². The lowest BCUT2D eigenvalue weighted by Crippen LogP contribution is -2.24. The van der Waals surface area contributed by atoms with Crippen molar-refractivity contribution in [2.75, 3.05) is 13.2 Å². The van der Waals surface area contributed by atoms with Gasteiger partial charge in [0.1, 0.15) is 6.10 Å².